The summed E-state index contributed by atoms with van der Waals surface area (Å²) in [6.45, 7) is 6.72. The summed E-state index contributed by atoms with van der Waals surface area (Å²) in [5.74, 6) is -0.153. The van der Waals surface area contributed by atoms with Gasteiger partial charge in [-0.2, -0.15) is 0 Å². The maximum absolute atomic E-state index is 11.7. The average Bonchev–Trinajstić information content (AvgIpc) is 2.51. The molecule has 1 N–H and O–H groups in total. The lowest BCUT2D eigenvalue weighted by molar-refractivity contribution is -0.136. The Morgan fingerprint density at radius 1 is 1.54 bits per heavy atom. The Morgan fingerprint density at radius 3 is 2.54 bits per heavy atom. The Bertz CT molecular complexity index is 187. The van der Waals surface area contributed by atoms with E-state index in [9.17, 15) is 9.90 Å². The Balaban J connectivity index is 2.56. The van der Waals surface area contributed by atoms with E-state index in [-0.39, 0.29) is 17.1 Å². The topological polar surface area (TPSA) is 46.5 Å². The average molecular weight is 186 g/mol. The van der Waals surface area contributed by atoms with Crippen LogP contribution in [-0.4, -0.2) is 30.2 Å². The van der Waals surface area contributed by atoms with Crippen LogP contribution in [0.25, 0.3) is 0 Å². The SMILES string of the molecule is CC(C)(C)C(O)C(=O)C1CCOC1. The molecule has 0 spiro atoms. The van der Waals surface area contributed by atoms with Gasteiger partial charge in [0.05, 0.1) is 6.61 Å². The summed E-state index contributed by atoms with van der Waals surface area (Å²) in [5, 5.41) is 9.71. The second-order valence-corrected chi connectivity index (χ2v) is 4.73. The number of ketones is 1. The minimum Gasteiger partial charge on any atom is -0.385 e. The monoisotopic (exact) mass is 186 g/mol. The number of aliphatic hydroxyl groups is 1. The molecular formula is C10H18O3. The summed E-state index contributed by atoms with van der Waals surface area (Å²) >= 11 is 0. The first-order valence-electron chi connectivity index (χ1n) is 4.72. The van der Waals surface area contributed by atoms with Gasteiger partial charge in [-0.15, -0.1) is 0 Å². The summed E-state index contributed by atoms with van der Waals surface area (Å²) in [7, 11) is 0. The van der Waals surface area contributed by atoms with E-state index in [0.29, 0.717) is 13.2 Å². The molecule has 0 amide bonds. The van der Waals surface area contributed by atoms with Crippen LogP contribution in [0.4, 0.5) is 0 Å². The zero-order valence-electron chi connectivity index (χ0n) is 8.54. The Labute approximate surface area is 79.1 Å². The number of Topliss-reactive ketones (excluding diaryl/α,β-unsaturated/α-hetero) is 1. The number of rotatable bonds is 2. The van der Waals surface area contributed by atoms with Crippen molar-refractivity contribution in [1.82, 2.24) is 0 Å². The van der Waals surface area contributed by atoms with Crippen LogP contribution < -0.4 is 0 Å². The van der Waals surface area contributed by atoms with Crippen molar-refractivity contribution in [2.24, 2.45) is 11.3 Å². The molecule has 2 atom stereocenters. The molecule has 76 valence electrons. The van der Waals surface area contributed by atoms with Crippen LogP contribution in [0.15, 0.2) is 0 Å². The largest absolute Gasteiger partial charge is 0.385 e. The smallest absolute Gasteiger partial charge is 0.167 e. The summed E-state index contributed by atoms with van der Waals surface area (Å²) in [6.07, 6.45) is -0.106. The summed E-state index contributed by atoms with van der Waals surface area (Å²) in [6, 6.07) is 0. The first-order chi connectivity index (χ1) is 5.93. The third-order valence-corrected chi connectivity index (χ3v) is 2.42. The number of hydrogen-bond donors (Lipinski definition) is 1. The van der Waals surface area contributed by atoms with Crippen molar-refractivity contribution in [3.63, 3.8) is 0 Å². The van der Waals surface area contributed by atoms with E-state index in [0.717, 1.165) is 6.42 Å². The van der Waals surface area contributed by atoms with Gasteiger partial charge in [-0.3, -0.25) is 4.79 Å². The molecule has 13 heavy (non-hydrogen) atoms. The molecule has 3 heteroatoms. The van der Waals surface area contributed by atoms with Crippen molar-refractivity contribution in [3.8, 4) is 0 Å². The number of aliphatic hydroxyl groups excluding tert-OH is 1. The van der Waals surface area contributed by atoms with Crippen LogP contribution in [0, 0.1) is 11.3 Å². The second kappa shape index (κ2) is 3.76. The van der Waals surface area contributed by atoms with Crippen molar-refractivity contribution in [1.29, 1.82) is 0 Å². The van der Waals surface area contributed by atoms with Crippen molar-refractivity contribution >= 4 is 5.78 Å². The fourth-order valence-electron chi connectivity index (χ4n) is 1.41. The van der Waals surface area contributed by atoms with Crippen LogP contribution in [0.2, 0.25) is 0 Å². The molecule has 1 fully saturated rings. The number of ether oxygens (including phenoxy) is 1. The minimum absolute atomic E-state index is 0.0648. The van der Waals surface area contributed by atoms with E-state index < -0.39 is 6.10 Å². The third-order valence-electron chi connectivity index (χ3n) is 2.42. The molecule has 0 aliphatic carbocycles. The lowest BCUT2D eigenvalue weighted by Crippen LogP contribution is -2.38. The molecular weight excluding hydrogens is 168 g/mol. The molecule has 1 rings (SSSR count). The van der Waals surface area contributed by atoms with Crippen molar-refractivity contribution in [2.45, 2.75) is 33.3 Å². The second-order valence-electron chi connectivity index (χ2n) is 4.73. The molecule has 1 heterocycles. The van der Waals surface area contributed by atoms with Gasteiger partial charge in [-0.1, -0.05) is 20.8 Å². The van der Waals surface area contributed by atoms with Crippen LogP contribution in [0.1, 0.15) is 27.2 Å². The van der Waals surface area contributed by atoms with Gasteiger partial charge in [0, 0.05) is 12.5 Å². The highest BCUT2D eigenvalue weighted by molar-refractivity contribution is 5.86. The highest BCUT2D eigenvalue weighted by atomic mass is 16.5. The van der Waals surface area contributed by atoms with Gasteiger partial charge in [0.1, 0.15) is 6.10 Å². The number of carbonyl (C=O) groups is 1. The Kier molecular flexibility index (Phi) is 3.09. The van der Waals surface area contributed by atoms with Crippen molar-refractivity contribution in [2.75, 3.05) is 13.2 Å². The zero-order chi connectivity index (χ0) is 10.1. The van der Waals surface area contributed by atoms with Gasteiger partial charge in [-0.05, 0) is 11.8 Å². The van der Waals surface area contributed by atoms with Gasteiger partial charge < -0.3 is 9.84 Å². The van der Waals surface area contributed by atoms with Crippen LogP contribution >= 0.6 is 0 Å². The minimum atomic E-state index is -0.862. The molecule has 1 saturated heterocycles. The molecule has 1 aliphatic rings. The van der Waals surface area contributed by atoms with Gasteiger partial charge in [-0.25, -0.2) is 0 Å². The number of carbonyl (C=O) groups excluding carboxylic acids is 1. The number of hydrogen-bond acceptors (Lipinski definition) is 3. The lowest BCUT2D eigenvalue weighted by atomic mass is 9.82. The predicted octanol–water partition coefficient (Wildman–Crippen LogP) is 0.999. The van der Waals surface area contributed by atoms with E-state index in [4.69, 9.17) is 4.74 Å². The fraction of sp³-hybridized carbons (Fsp3) is 0.900. The summed E-state index contributed by atoms with van der Waals surface area (Å²) < 4.78 is 5.11. The van der Waals surface area contributed by atoms with Gasteiger partial charge >= 0.3 is 0 Å². The van der Waals surface area contributed by atoms with E-state index in [1.807, 2.05) is 20.8 Å². The highest BCUT2D eigenvalue weighted by Gasteiger charge is 2.35. The first-order valence-corrected chi connectivity index (χ1v) is 4.72. The van der Waals surface area contributed by atoms with Crippen LogP contribution in [-0.2, 0) is 9.53 Å². The third kappa shape index (κ3) is 2.51. The molecule has 0 aromatic rings. The van der Waals surface area contributed by atoms with Gasteiger partial charge in [0.15, 0.2) is 5.78 Å². The van der Waals surface area contributed by atoms with Gasteiger partial charge in [0.2, 0.25) is 0 Å². The first kappa shape index (κ1) is 10.7. The van der Waals surface area contributed by atoms with Crippen LogP contribution in [0.5, 0.6) is 0 Å². The molecule has 0 bridgehead atoms. The zero-order valence-corrected chi connectivity index (χ0v) is 8.54. The van der Waals surface area contributed by atoms with E-state index in [1.165, 1.54) is 0 Å². The standard InChI is InChI=1S/C10H18O3/c1-10(2,3)9(12)8(11)7-4-5-13-6-7/h7,9,12H,4-6H2,1-3H3. The summed E-state index contributed by atoms with van der Waals surface area (Å²) in [4.78, 5) is 11.7. The maximum atomic E-state index is 11.7. The lowest BCUT2D eigenvalue weighted by Gasteiger charge is -2.26. The molecule has 0 aromatic carbocycles. The van der Waals surface area contributed by atoms with Crippen LogP contribution in [0.3, 0.4) is 0 Å². The molecule has 3 nitrogen and oxygen atoms in total. The van der Waals surface area contributed by atoms with E-state index in [1.54, 1.807) is 0 Å². The molecule has 0 aromatic heterocycles. The molecule has 2 unspecified atom stereocenters. The maximum Gasteiger partial charge on any atom is 0.167 e. The van der Waals surface area contributed by atoms with Crippen molar-refractivity contribution < 1.29 is 14.6 Å². The van der Waals surface area contributed by atoms with E-state index in [2.05, 4.69) is 0 Å². The fourth-order valence-corrected chi connectivity index (χ4v) is 1.41. The molecule has 1 aliphatic heterocycles. The Morgan fingerprint density at radius 2 is 2.15 bits per heavy atom. The Hall–Kier alpha value is -0.410. The van der Waals surface area contributed by atoms with E-state index >= 15 is 0 Å². The van der Waals surface area contributed by atoms with Crippen molar-refractivity contribution in [3.05, 3.63) is 0 Å². The molecule has 0 radical (unpaired) electrons. The van der Waals surface area contributed by atoms with Gasteiger partial charge in [0.25, 0.3) is 0 Å². The summed E-state index contributed by atoms with van der Waals surface area (Å²) in [5.41, 5.74) is -0.361. The normalized spacial score (nSPS) is 26.0. The molecule has 0 saturated carbocycles. The predicted molar refractivity (Wildman–Crippen MR) is 49.4 cm³/mol. The quantitative estimate of drug-likeness (QED) is 0.699. The highest BCUT2D eigenvalue weighted by Crippen LogP contribution is 2.25.